The Bertz CT molecular complexity index is 791. The van der Waals surface area contributed by atoms with Crippen LogP contribution >= 0.6 is 23.0 Å². The van der Waals surface area contributed by atoms with E-state index in [4.69, 9.17) is 3.07 Å². The zero-order chi connectivity index (χ0) is 25.9. The summed E-state index contributed by atoms with van der Waals surface area (Å²) in [5, 5.41) is 25.0. The number of hydrogen-bond acceptors (Lipinski definition) is 6. The minimum atomic E-state index is -0.798. The van der Waals surface area contributed by atoms with Gasteiger partial charge in [-0.25, -0.2) is 0 Å². The summed E-state index contributed by atoms with van der Waals surface area (Å²) in [7, 11) is 0. The summed E-state index contributed by atoms with van der Waals surface area (Å²) in [6.45, 7) is 2.65. The molecule has 0 unspecified atom stereocenters. The predicted molar refractivity (Wildman–Crippen MR) is 146 cm³/mol. The molecule has 0 aromatic heterocycles. The van der Waals surface area contributed by atoms with E-state index in [1.807, 2.05) is 0 Å². The first-order valence-corrected chi connectivity index (χ1v) is 13.8. The predicted octanol–water partition coefficient (Wildman–Crippen LogP) is 8.22. The first kappa shape index (κ1) is 31.1. The number of rotatable bonds is 21. The standard InChI is InChI=1S/C25H40IN3O6/c1-2-3-4-5-6-7-8-9-10-11-12-13-14-15-16-17-18-27-25(30)22-19-21(28(31)32)20-23(29(33)34)24(22)35-26/h19-20H,2-18H2,1H3,(H,27,30). The van der Waals surface area contributed by atoms with Gasteiger partial charge in [0.05, 0.1) is 21.5 Å². The average molecular weight is 606 g/mol. The van der Waals surface area contributed by atoms with Crippen LogP contribution in [0.3, 0.4) is 0 Å². The van der Waals surface area contributed by atoms with Gasteiger partial charge in [-0.2, -0.15) is 0 Å². The molecule has 0 aliphatic rings. The van der Waals surface area contributed by atoms with Crippen LogP contribution in [0.1, 0.15) is 120 Å². The normalized spacial score (nSPS) is 10.8. The maximum absolute atomic E-state index is 12.5. The van der Waals surface area contributed by atoms with E-state index in [0.717, 1.165) is 31.4 Å². The molecular formula is C25H40IN3O6. The third kappa shape index (κ3) is 13.1. The topological polar surface area (TPSA) is 125 Å². The fraction of sp³-hybridized carbons (Fsp3) is 0.720. The van der Waals surface area contributed by atoms with Crippen molar-refractivity contribution in [2.45, 2.75) is 110 Å². The molecule has 1 N–H and O–H groups in total. The molecule has 35 heavy (non-hydrogen) atoms. The fourth-order valence-corrected chi connectivity index (χ4v) is 4.52. The summed E-state index contributed by atoms with van der Waals surface area (Å²) in [6, 6.07) is 1.80. The second-order valence-corrected chi connectivity index (χ2v) is 9.43. The molecule has 198 valence electrons. The van der Waals surface area contributed by atoms with E-state index in [2.05, 4.69) is 12.2 Å². The smallest absolute Gasteiger partial charge is 0.319 e. The number of benzene rings is 1. The average Bonchev–Trinajstić information content (AvgIpc) is 2.84. The largest absolute Gasteiger partial charge is 0.419 e. The van der Waals surface area contributed by atoms with Crippen molar-refractivity contribution >= 4 is 40.3 Å². The summed E-state index contributed by atoms with van der Waals surface area (Å²) < 4.78 is 4.98. The van der Waals surface area contributed by atoms with E-state index in [1.54, 1.807) is 0 Å². The number of carbonyl (C=O) groups is 1. The maximum atomic E-state index is 12.5. The van der Waals surface area contributed by atoms with Gasteiger partial charge in [0.15, 0.2) is 23.0 Å². The molecule has 1 aromatic rings. The highest BCUT2D eigenvalue weighted by atomic mass is 127. The third-order valence-electron chi connectivity index (χ3n) is 6.10. The van der Waals surface area contributed by atoms with Crippen molar-refractivity contribution in [1.82, 2.24) is 5.32 Å². The molecule has 0 aliphatic heterocycles. The van der Waals surface area contributed by atoms with Crippen molar-refractivity contribution < 1.29 is 17.7 Å². The van der Waals surface area contributed by atoms with Crippen molar-refractivity contribution in [3.63, 3.8) is 0 Å². The molecule has 1 rings (SSSR count). The van der Waals surface area contributed by atoms with Crippen LogP contribution < -0.4 is 8.38 Å². The molecule has 0 saturated heterocycles. The van der Waals surface area contributed by atoms with Crippen LogP contribution in [0.5, 0.6) is 5.75 Å². The SMILES string of the molecule is CCCCCCCCCCCCCCCCCCNC(=O)c1cc([N+](=O)[O-])cc([N+](=O)[O-])c1OI. The van der Waals surface area contributed by atoms with Gasteiger partial charge in [-0.15, -0.1) is 0 Å². The number of nitro groups is 2. The second kappa shape index (κ2) is 19.2. The quantitative estimate of drug-likeness (QED) is 0.0652. The third-order valence-corrected chi connectivity index (χ3v) is 6.54. The summed E-state index contributed by atoms with van der Waals surface area (Å²) in [6.07, 6.45) is 20.1. The number of nitrogens with zero attached hydrogens (tertiary/aromatic N) is 2. The van der Waals surface area contributed by atoms with Gasteiger partial charge in [-0.05, 0) is 6.42 Å². The lowest BCUT2D eigenvalue weighted by molar-refractivity contribution is -0.394. The Morgan fingerprint density at radius 2 is 1.26 bits per heavy atom. The number of carbonyl (C=O) groups excluding carboxylic acids is 1. The Hall–Kier alpha value is -1.98. The van der Waals surface area contributed by atoms with Crippen LogP contribution in [0.2, 0.25) is 0 Å². The fourth-order valence-electron chi connectivity index (χ4n) is 4.06. The Morgan fingerprint density at radius 1 is 0.800 bits per heavy atom. The highest BCUT2D eigenvalue weighted by Gasteiger charge is 2.28. The van der Waals surface area contributed by atoms with E-state index in [9.17, 15) is 25.0 Å². The van der Waals surface area contributed by atoms with Crippen molar-refractivity contribution in [2.75, 3.05) is 6.54 Å². The van der Waals surface area contributed by atoms with Gasteiger partial charge in [0.1, 0.15) is 0 Å². The lowest BCUT2D eigenvalue weighted by atomic mass is 10.0. The van der Waals surface area contributed by atoms with Crippen molar-refractivity contribution in [2.24, 2.45) is 0 Å². The molecule has 0 fully saturated rings. The van der Waals surface area contributed by atoms with Crippen LogP contribution in [0.4, 0.5) is 11.4 Å². The zero-order valence-corrected chi connectivity index (χ0v) is 23.1. The monoisotopic (exact) mass is 605 g/mol. The van der Waals surface area contributed by atoms with Crippen LogP contribution in [0, 0.1) is 20.2 Å². The van der Waals surface area contributed by atoms with Gasteiger partial charge < -0.3 is 8.38 Å². The van der Waals surface area contributed by atoms with Gasteiger partial charge in [0, 0.05) is 12.6 Å². The lowest BCUT2D eigenvalue weighted by Gasteiger charge is -2.09. The van der Waals surface area contributed by atoms with E-state index >= 15 is 0 Å². The Labute approximate surface area is 222 Å². The van der Waals surface area contributed by atoms with E-state index in [-0.39, 0.29) is 11.3 Å². The number of amides is 1. The molecule has 0 spiro atoms. The Kier molecular flexibility index (Phi) is 17.1. The molecule has 0 aliphatic carbocycles. The van der Waals surface area contributed by atoms with Gasteiger partial charge in [-0.3, -0.25) is 25.0 Å². The summed E-state index contributed by atoms with van der Waals surface area (Å²) >= 11 is 1.43. The second-order valence-electron chi connectivity index (χ2n) is 8.99. The number of nitro benzene ring substituents is 2. The number of nitrogens with one attached hydrogen (secondary N) is 1. The van der Waals surface area contributed by atoms with E-state index in [1.165, 1.54) is 106 Å². The molecule has 0 atom stereocenters. The zero-order valence-electron chi connectivity index (χ0n) is 20.9. The molecular weight excluding hydrogens is 565 g/mol. The van der Waals surface area contributed by atoms with Gasteiger partial charge in [0.25, 0.3) is 11.6 Å². The molecule has 9 nitrogen and oxygen atoms in total. The summed E-state index contributed by atoms with van der Waals surface area (Å²) in [5.41, 5.74) is -1.35. The van der Waals surface area contributed by atoms with Crippen molar-refractivity contribution in [3.05, 3.63) is 37.9 Å². The molecule has 0 radical (unpaired) electrons. The van der Waals surface area contributed by atoms with Crippen molar-refractivity contribution in [1.29, 1.82) is 0 Å². The molecule has 1 aromatic carbocycles. The van der Waals surface area contributed by atoms with Gasteiger partial charge in [-0.1, -0.05) is 103 Å². The highest BCUT2D eigenvalue weighted by Crippen LogP contribution is 2.36. The number of non-ortho nitro benzene ring substituents is 1. The van der Waals surface area contributed by atoms with Crippen LogP contribution in [0.15, 0.2) is 12.1 Å². The molecule has 0 bridgehead atoms. The first-order chi connectivity index (χ1) is 16.9. The molecule has 1 amide bonds. The molecule has 0 heterocycles. The Balaban J connectivity index is 2.17. The van der Waals surface area contributed by atoms with Gasteiger partial charge >= 0.3 is 5.69 Å². The highest BCUT2D eigenvalue weighted by molar-refractivity contribution is 14.1. The van der Waals surface area contributed by atoms with Crippen LogP contribution in [-0.4, -0.2) is 22.3 Å². The van der Waals surface area contributed by atoms with Crippen molar-refractivity contribution in [3.8, 4) is 5.75 Å². The van der Waals surface area contributed by atoms with Gasteiger partial charge in [0.2, 0.25) is 5.75 Å². The number of unbranched alkanes of at least 4 members (excludes halogenated alkanes) is 15. The van der Waals surface area contributed by atoms with E-state index < -0.39 is 27.1 Å². The summed E-state index contributed by atoms with van der Waals surface area (Å²) in [5.74, 6) is -0.907. The van der Waals surface area contributed by atoms with Crippen LogP contribution in [-0.2, 0) is 0 Å². The molecule has 10 heteroatoms. The minimum absolute atomic E-state index is 0.211. The molecule has 0 saturated carbocycles. The van der Waals surface area contributed by atoms with Crippen LogP contribution in [0.25, 0.3) is 0 Å². The number of hydrogen-bond donors (Lipinski definition) is 1. The number of halogens is 1. The summed E-state index contributed by atoms with van der Waals surface area (Å²) in [4.78, 5) is 33.2. The lowest BCUT2D eigenvalue weighted by Crippen LogP contribution is -2.25. The Morgan fingerprint density at radius 3 is 1.66 bits per heavy atom. The van der Waals surface area contributed by atoms with E-state index in [0.29, 0.717) is 6.54 Å². The first-order valence-electron chi connectivity index (χ1n) is 13.0. The maximum Gasteiger partial charge on any atom is 0.319 e. The minimum Gasteiger partial charge on any atom is -0.419 e.